The lowest BCUT2D eigenvalue weighted by Gasteiger charge is -2.23. The number of nitrogens with one attached hydrogen (secondary N) is 1. The number of hydrogen-bond donors (Lipinski definition) is 1. The molecule has 0 aliphatic carbocycles. The predicted molar refractivity (Wildman–Crippen MR) is 125 cm³/mol. The van der Waals surface area contributed by atoms with E-state index in [1.54, 1.807) is 50.6 Å². The Balaban J connectivity index is 1.99. The van der Waals surface area contributed by atoms with Crippen LogP contribution in [-0.2, 0) is 14.8 Å². The number of sulfonamides is 1. The van der Waals surface area contributed by atoms with Crippen molar-refractivity contribution in [3.8, 4) is 17.2 Å². The van der Waals surface area contributed by atoms with Gasteiger partial charge < -0.3 is 19.5 Å². The van der Waals surface area contributed by atoms with Gasteiger partial charge in [0.2, 0.25) is 15.9 Å². The Kier molecular flexibility index (Phi) is 9.19. The zero-order valence-corrected chi connectivity index (χ0v) is 20.1. The molecule has 1 N–H and O–H groups in total. The molecule has 0 radical (unpaired) electrons. The second-order valence-electron chi connectivity index (χ2n) is 7.26. The van der Waals surface area contributed by atoms with Gasteiger partial charge in [-0.1, -0.05) is 0 Å². The summed E-state index contributed by atoms with van der Waals surface area (Å²) < 4.78 is 41.9. The van der Waals surface area contributed by atoms with E-state index in [0.29, 0.717) is 36.0 Å². The summed E-state index contributed by atoms with van der Waals surface area (Å²) in [4.78, 5) is 12.5. The van der Waals surface area contributed by atoms with Gasteiger partial charge in [0.25, 0.3) is 0 Å². The maximum Gasteiger partial charge on any atom is 0.232 e. The van der Waals surface area contributed by atoms with Crippen LogP contribution in [0.4, 0.5) is 5.69 Å². The van der Waals surface area contributed by atoms with Gasteiger partial charge in [0.15, 0.2) is 0 Å². The maximum absolute atomic E-state index is 12.5. The molecule has 9 heteroatoms. The van der Waals surface area contributed by atoms with Crippen LogP contribution >= 0.6 is 0 Å². The highest BCUT2D eigenvalue weighted by atomic mass is 32.2. The average molecular weight is 465 g/mol. The molecule has 0 saturated carbocycles. The summed E-state index contributed by atoms with van der Waals surface area (Å²) in [6.07, 6.45) is 1.70. The number of anilines is 1. The van der Waals surface area contributed by atoms with Gasteiger partial charge in [-0.05, 0) is 62.7 Å². The smallest absolute Gasteiger partial charge is 0.232 e. The third-order valence-electron chi connectivity index (χ3n) is 4.88. The van der Waals surface area contributed by atoms with Crippen molar-refractivity contribution in [1.29, 1.82) is 0 Å². The van der Waals surface area contributed by atoms with E-state index in [1.807, 2.05) is 19.9 Å². The van der Waals surface area contributed by atoms with Crippen molar-refractivity contribution in [2.75, 3.05) is 37.9 Å². The van der Waals surface area contributed by atoms with Gasteiger partial charge in [-0.3, -0.25) is 9.10 Å². The molecular formula is C23H32N2O6S. The lowest BCUT2D eigenvalue weighted by molar-refractivity contribution is -0.121. The predicted octanol–water partition coefficient (Wildman–Crippen LogP) is 3.53. The number of ether oxygens (including phenoxy) is 3. The van der Waals surface area contributed by atoms with Crippen LogP contribution < -0.4 is 23.8 Å². The number of nitrogens with zero attached hydrogens (tertiary/aromatic N) is 1. The third-order valence-corrected chi connectivity index (χ3v) is 6.08. The fraction of sp³-hybridized carbons (Fsp3) is 0.435. The highest BCUT2D eigenvalue weighted by Gasteiger charge is 2.19. The molecule has 2 aromatic rings. The van der Waals surface area contributed by atoms with Crippen LogP contribution in [0.25, 0.3) is 0 Å². The van der Waals surface area contributed by atoms with Crippen molar-refractivity contribution < 1.29 is 27.4 Å². The summed E-state index contributed by atoms with van der Waals surface area (Å²) in [7, 11) is -0.347. The SMILES string of the molecule is CCOc1ccc(N(CCCC(=O)NC(C)c2cc(OC)ccc2OC)S(C)(=O)=O)cc1. The van der Waals surface area contributed by atoms with E-state index in [2.05, 4.69) is 5.32 Å². The second kappa shape index (κ2) is 11.6. The Morgan fingerprint density at radius 2 is 1.72 bits per heavy atom. The topological polar surface area (TPSA) is 94.2 Å². The highest BCUT2D eigenvalue weighted by molar-refractivity contribution is 7.92. The van der Waals surface area contributed by atoms with E-state index >= 15 is 0 Å². The quantitative estimate of drug-likeness (QED) is 0.517. The molecule has 0 aromatic heterocycles. The Morgan fingerprint density at radius 1 is 1.06 bits per heavy atom. The first-order chi connectivity index (χ1) is 15.2. The zero-order chi connectivity index (χ0) is 23.7. The lowest BCUT2D eigenvalue weighted by atomic mass is 10.1. The summed E-state index contributed by atoms with van der Waals surface area (Å²) in [6, 6.07) is 12.0. The van der Waals surface area contributed by atoms with E-state index in [-0.39, 0.29) is 24.9 Å². The highest BCUT2D eigenvalue weighted by Crippen LogP contribution is 2.29. The number of carbonyl (C=O) groups excluding carboxylic acids is 1. The number of methoxy groups -OCH3 is 2. The molecule has 2 aromatic carbocycles. The number of amides is 1. The minimum atomic E-state index is -3.49. The fourth-order valence-corrected chi connectivity index (χ4v) is 4.28. The number of hydrogen-bond acceptors (Lipinski definition) is 6. The Bertz CT molecular complexity index is 992. The molecule has 1 amide bonds. The molecular weight excluding hydrogens is 432 g/mol. The normalized spacial score (nSPS) is 12.0. The van der Waals surface area contributed by atoms with Gasteiger partial charge in [0.1, 0.15) is 17.2 Å². The van der Waals surface area contributed by atoms with Gasteiger partial charge in [0, 0.05) is 18.5 Å². The van der Waals surface area contributed by atoms with Crippen LogP contribution in [0, 0.1) is 0 Å². The molecule has 0 aliphatic heterocycles. The van der Waals surface area contributed by atoms with Crippen molar-refractivity contribution in [3.05, 3.63) is 48.0 Å². The average Bonchev–Trinajstić information content (AvgIpc) is 2.76. The van der Waals surface area contributed by atoms with E-state index in [1.165, 1.54) is 4.31 Å². The fourth-order valence-electron chi connectivity index (χ4n) is 3.31. The first kappa shape index (κ1) is 25.3. The number of rotatable bonds is 12. The lowest BCUT2D eigenvalue weighted by Crippen LogP contribution is -2.32. The summed E-state index contributed by atoms with van der Waals surface area (Å²) in [5.74, 6) is 1.81. The van der Waals surface area contributed by atoms with E-state index < -0.39 is 10.0 Å². The molecule has 0 bridgehead atoms. The van der Waals surface area contributed by atoms with Crippen molar-refractivity contribution >= 4 is 21.6 Å². The molecule has 32 heavy (non-hydrogen) atoms. The number of carbonyl (C=O) groups is 1. The van der Waals surface area contributed by atoms with Gasteiger partial charge >= 0.3 is 0 Å². The van der Waals surface area contributed by atoms with Gasteiger partial charge in [-0.2, -0.15) is 0 Å². The Hall–Kier alpha value is -2.94. The van der Waals surface area contributed by atoms with Crippen LogP contribution in [0.3, 0.4) is 0 Å². The van der Waals surface area contributed by atoms with Crippen molar-refractivity contribution in [2.24, 2.45) is 0 Å². The first-order valence-electron chi connectivity index (χ1n) is 10.4. The summed E-state index contributed by atoms with van der Waals surface area (Å²) in [5, 5.41) is 2.94. The van der Waals surface area contributed by atoms with Crippen LogP contribution in [0.5, 0.6) is 17.2 Å². The molecule has 0 saturated heterocycles. The molecule has 176 valence electrons. The molecule has 0 fully saturated rings. The maximum atomic E-state index is 12.5. The monoisotopic (exact) mass is 464 g/mol. The molecule has 0 aliphatic rings. The largest absolute Gasteiger partial charge is 0.497 e. The molecule has 0 heterocycles. The van der Waals surface area contributed by atoms with Crippen LogP contribution in [0.15, 0.2) is 42.5 Å². The zero-order valence-electron chi connectivity index (χ0n) is 19.3. The van der Waals surface area contributed by atoms with E-state index in [0.717, 1.165) is 11.8 Å². The van der Waals surface area contributed by atoms with E-state index in [9.17, 15) is 13.2 Å². The van der Waals surface area contributed by atoms with E-state index in [4.69, 9.17) is 14.2 Å². The standard InChI is InChI=1S/C23H32N2O6S/c1-6-31-19-11-9-18(10-12-19)25(32(5,27)28)15-7-8-23(26)24-17(2)21-16-20(29-3)13-14-22(21)30-4/h9-14,16-17H,6-8,15H2,1-5H3,(H,24,26). The Labute approximate surface area is 190 Å². The van der Waals surface area contributed by atoms with Gasteiger partial charge in [-0.25, -0.2) is 8.42 Å². The van der Waals surface area contributed by atoms with Gasteiger partial charge in [-0.15, -0.1) is 0 Å². The van der Waals surface area contributed by atoms with Crippen molar-refractivity contribution in [3.63, 3.8) is 0 Å². The van der Waals surface area contributed by atoms with Crippen LogP contribution in [-0.4, -0.2) is 48.0 Å². The molecule has 2 rings (SSSR count). The molecule has 1 unspecified atom stereocenters. The molecule has 1 atom stereocenters. The Morgan fingerprint density at radius 3 is 2.28 bits per heavy atom. The summed E-state index contributed by atoms with van der Waals surface area (Å²) >= 11 is 0. The van der Waals surface area contributed by atoms with Crippen molar-refractivity contribution in [2.45, 2.75) is 32.7 Å². The summed E-state index contributed by atoms with van der Waals surface area (Å²) in [6.45, 7) is 4.46. The van der Waals surface area contributed by atoms with Crippen molar-refractivity contribution in [1.82, 2.24) is 5.32 Å². The van der Waals surface area contributed by atoms with Crippen LogP contribution in [0.1, 0.15) is 38.3 Å². The second-order valence-corrected chi connectivity index (χ2v) is 9.17. The molecule has 8 nitrogen and oxygen atoms in total. The first-order valence-corrected chi connectivity index (χ1v) is 12.3. The third kappa shape index (κ3) is 7.05. The minimum Gasteiger partial charge on any atom is -0.497 e. The molecule has 0 spiro atoms. The number of benzene rings is 2. The minimum absolute atomic E-state index is 0.178. The summed E-state index contributed by atoms with van der Waals surface area (Å²) in [5.41, 5.74) is 1.33. The van der Waals surface area contributed by atoms with Gasteiger partial charge in [0.05, 0.1) is 38.8 Å². The van der Waals surface area contributed by atoms with Crippen LogP contribution in [0.2, 0.25) is 0 Å².